The van der Waals surface area contributed by atoms with Crippen molar-refractivity contribution >= 4 is 23.0 Å². The van der Waals surface area contributed by atoms with E-state index in [0.717, 1.165) is 11.1 Å². The molecule has 0 aliphatic carbocycles. The standard InChI is InChI=1S/C16H17N5O3/c1-10(22)19-16(14-17-11(2)24-20-14)7-8-21(9-16)15-18-12-5-3-4-6-13(12)23-15/h3-6H,7-9H2,1-2H3,(H,19,22). The summed E-state index contributed by atoms with van der Waals surface area (Å²) in [5.74, 6) is 0.806. The molecule has 8 nitrogen and oxygen atoms in total. The first-order valence-corrected chi connectivity index (χ1v) is 7.76. The highest BCUT2D eigenvalue weighted by atomic mass is 16.5. The van der Waals surface area contributed by atoms with Crippen LogP contribution in [0.25, 0.3) is 11.1 Å². The van der Waals surface area contributed by atoms with Crippen molar-refractivity contribution in [2.75, 3.05) is 18.0 Å². The predicted octanol–water partition coefficient (Wildman–Crippen LogP) is 1.76. The fourth-order valence-corrected chi connectivity index (χ4v) is 3.14. The SMILES string of the molecule is CC(=O)NC1(c2noc(C)n2)CCN(c2nc3ccccc3o2)C1. The van der Waals surface area contributed by atoms with Crippen LogP contribution in [-0.2, 0) is 10.3 Å². The van der Waals surface area contributed by atoms with Crippen molar-refractivity contribution < 1.29 is 13.7 Å². The van der Waals surface area contributed by atoms with E-state index in [2.05, 4.69) is 20.4 Å². The first-order valence-electron chi connectivity index (χ1n) is 7.76. The van der Waals surface area contributed by atoms with Crippen LogP contribution in [-0.4, -0.2) is 34.1 Å². The van der Waals surface area contributed by atoms with Crippen LogP contribution in [0.1, 0.15) is 25.1 Å². The molecule has 1 N–H and O–H groups in total. The molecule has 8 heteroatoms. The number of amides is 1. The number of anilines is 1. The number of hydrogen-bond acceptors (Lipinski definition) is 7. The van der Waals surface area contributed by atoms with E-state index in [1.54, 1.807) is 6.92 Å². The van der Waals surface area contributed by atoms with Crippen molar-refractivity contribution in [1.82, 2.24) is 20.4 Å². The fraction of sp³-hybridized carbons (Fsp3) is 0.375. The molecule has 0 spiro atoms. The average Bonchev–Trinajstić information content (AvgIpc) is 3.24. The van der Waals surface area contributed by atoms with Gasteiger partial charge in [0.1, 0.15) is 11.1 Å². The zero-order valence-corrected chi connectivity index (χ0v) is 13.4. The van der Waals surface area contributed by atoms with Crippen molar-refractivity contribution in [3.05, 3.63) is 36.0 Å². The number of nitrogens with zero attached hydrogens (tertiary/aromatic N) is 4. The van der Waals surface area contributed by atoms with Crippen LogP contribution in [0.15, 0.2) is 33.2 Å². The summed E-state index contributed by atoms with van der Waals surface area (Å²) < 4.78 is 10.9. The molecule has 1 amide bonds. The van der Waals surface area contributed by atoms with Gasteiger partial charge in [0.05, 0.1) is 6.54 Å². The molecular weight excluding hydrogens is 310 g/mol. The molecule has 1 aliphatic rings. The Hall–Kier alpha value is -2.90. The van der Waals surface area contributed by atoms with E-state index in [1.165, 1.54) is 6.92 Å². The number of para-hydroxylation sites is 2. The Morgan fingerprint density at radius 3 is 2.88 bits per heavy atom. The molecule has 124 valence electrons. The number of rotatable bonds is 3. The molecule has 1 aliphatic heterocycles. The van der Waals surface area contributed by atoms with E-state index >= 15 is 0 Å². The monoisotopic (exact) mass is 327 g/mol. The molecule has 1 atom stereocenters. The molecule has 0 radical (unpaired) electrons. The zero-order valence-electron chi connectivity index (χ0n) is 13.4. The van der Waals surface area contributed by atoms with E-state index in [1.807, 2.05) is 29.2 Å². The lowest BCUT2D eigenvalue weighted by molar-refractivity contribution is -0.120. The number of carbonyl (C=O) groups excluding carboxylic acids is 1. The molecule has 3 aromatic rings. The third-order valence-corrected chi connectivity index (χ3v) is 4.19. The second-order valence-corrected chi connectivity index (χ2v) is 6.04. The van der Waals surface area contributed by atoms with Crippen molar-refractivity contribution in [1.29, 1.82) is 0 Å². The van der Waals surface area contributed by atoms with Gasteiger partial charge in [-0.15, -0.1) is 0 Å². The maximum atomic E-state index is 11.7. The summed E-state index contributed by atoms with van der Waals surface area (Å²) in [6.07, 6.45) is 0.643. The van der Waals surface area contributed by atoms with Gasteiger partial charge in [0, 0.05) is 20.4 Å². The molecule has 1 aromatic carbocycles. The van der Waals surface area contributed by atoms with Gasteiger partial charge in [-0.05, 0) is 18.6 Å². The third-order valence-electron chi connectivity index (χ3n) is 4.19. The topological polar surface area (TPSA) is 97.3 Å². The lowest BCUT2D eigenvalue weighted by Crippen LogP contribution is -2.48. The van der Waals surface area contributed by atoms with Crippen molar-refractivity contribution in [2.24, 2.45) is 0 Å². The molecular formula is C16H17N5O3. The van der Waals surface area contributed by atoms with E-state index in [9.17, 15) is 4.79 Å². The minimum Gasteiger partial charge on any atom is -0.423 e. The molecule has 3 heterocycles. The molecule has 2 aromatic heterocycles. The van der Waals surface area contributed by atoms with Gasteiger partial charge in [-0.25, -0.2) is 0 Å². The summed E-state index contributed by atoms with van der Waals surface area (Å²) in [5.41, 5.74) is 0.837. The Balaban J connectivity index is 1.67. The van der Waals surface area contributed by atoms with Crippen LogP contribution in [0.4, 0.5) is 6.01 Å². The van der Waals surface area contributed by atoms with Crippen LogP contribution in [0.2, 0.25) is 0 Å². The Kier molecular flexibility index (Phi) is 3.26. The Labute approximate surface area is 137 Å². The summed E-state index contributed by atoms with van der Waals surface area (Å²) in [4.78, 5) is 22.5. The van der Waals surface area contributed by atoms with Crippen LogP contribution in [0.5, 0.6) is 0 Å². The van der Waals surface area contributed by atoms with Crippen LogP contribution >= 0.6 is 0 Å². The van der Waals surface area contributed by atoms with Gasteiger partial charge in [0.2, 0.25) is 11.8 Å². The average molecular weight is 327 g/mol. The number of carbonyl (C=O) groups is 1. The summed E-state index contributed by atoms with van der Waals surface area (Å²) in [5, 5.41) is 7.00. The first-order chi connectivity index (χ1) is 11.6. The lowest BCUT2D eigenvalue weighted by Gasteiger charge is -2.26. The first kappa shape index (κ1) is 14.7. The maximum absolute atomic E-state index is 11.7. The van der Waals surface area contributed by atoms with Crippen LogP contribution < -0.4 is 10.2 Å². The summed E-state index contributed by atoms with van der Waals surface area (Å²) in [6, 6.07) is 8.14. The molecule has 1 fully saturated rings. The minimum atomic E-state index is -0.704. The van der Waals surface area contributed by atoms with Crippen molar-refractivity contribution in [3.63, 3.8) is 0 Å². The number of oxazole rings is 1. The molecule has 0 bridgehead atoms. The number of aromatic nitrogens is 3. The van der Waals surface area contributed by atoms with Gasteiger partial charge in [-0.3, -0.25) is 4.79 Å². The largest absolute Gasteiger partial charge is 0.423 e. The van der Waals surface area contributed by atoms with Gasteiger partial charge in [0.15, 0.2) is 11.4 Å². The van der Waals surface area contributed by atoms with Gasteiger partial charge in [0.25, 0.3) is 6.01 Å². The van der Waals surface area contributed by atoms with E-state index < -0.39 is 5.54 Å². The van der Waals surface area contributed by atoms with Gasteiger partial charge in [-0.2, -0.15) is 9.97 Å². The number of aryl methyl sites for hydroxylation is 1. The van der Waals surface area contributed by atoms with Crippen LogP contribution in [0, 0.1) is 6.92 Å². The lowest BCUT2D eigenvalue weighted by atomic mass is 9.97. The number of hydrogen-bond donors (Lipinski definition) is 1. The Morgan fingerprint density at radius 1 is 1.33 bits per heavy atom. The van der Waals surface area contributed by atoms with Gasteiger partial charge >= 0.3 is 0 Å². The van der Waals surface area contributed by atoms with E-state index in [0.29, 0.717) is 37.2 Å². The highest BCUT2D eigenvalue weighted by Crippen LogP contribution is 2.34. The second kappa shape index (κ2) is 5.33. The number of fused-ring (bicyclic) bond motifs is 1. The minimum absolute atomic E-state index is 0.142. The molecule has 24 heavy (non-hydrogen) atoms. The molecule has 1 unspecified atom stereocenters. The fourth-order valence-electron chi connectivity index (χ4n) is 3.14. The van der Waals surface area contributed by atoms with Gasteiger partial charge < -0.3 is 19.2 Å². The van der Waals surface area contributed by atoms with Crippen molar-refractivity contribution in [3.8, 4) is 0 Å². The van der Waals surface area contributed by atoms with Crippen molar-refractivity contribution in [2.45, 2.75) is 25.8 Å². The summed E-state index contributed by atoms with van der Waals surface area (Å²) >= 11 is 0. The van der Waals surface area contributed by atoms with Gasteiger partial charge in [-0.1, -0.05) is 17.3 Å². The Morgan fingerprint density at radius 2 is 2.17 bits per heavy atom. The number of benzene rings is 1. The maximum Gasteiger partial charge on any atom is 0.298 e. The highest BCUT2D eigenvalue weighted by molar-refractivity contribution is 5.75. The van der Waals surface area contributed by atoms with E-state index in [4.69, 9.17) is 8.94 Å². The normalized spacial score (nSPS) is 20.7. The molecule has 4 rings (SSSR count). The molecule has 1 saturated heterocycles. The summed E-state index contributed by atoms with van der Waals surface area (Å²) in [7, 11) is 0. The predicted molar refractivity (Wildman–Crippen MR) is 85.4 cm³/mol. The third kappa shape index (κ3) is 2.40. The zero-order chi connectivity index (χ0) is 16.7. The smallest absolute Gasteiger partial charge is 0.298 e. The number of nitrogens with one attached hydrogen (secondary N) is 1. The second-order valence-electron chi connectivity index (χ2n) is 6.04. The Bertz CT molecular complexity index is 869. The van der Waals surface area contributed by atoms with Crippen LogP contribution in [0.3, 0.4) is 0 Å². The summed E-state index contributed by atoms with van der Waals surface area (Å²) in [6.45, 7) is 4.35. The van der Waals surface area contributed by atoms with E-state index in [-0.39, 0.29) is 5.91 Å². The quantitative estimate of drug-likeness (QED) is 0.782. The molecule has 0 saturated carbocycles. The highest BCUT2D eigenvalue weighted by Gasteiger charge is 2.45.